The molecule has 0 aromatic heterocycles. The van der Waals surface area contributed by atoms with E-state index in [1.165, 1.54) is 0 Å². The largest absolute Gasteiger partial charge is 0.462 e. The van der Waals surface area contributed by atoms with E-state index in [-0.39, 0.29) is 37.1 Å². The molecular weight excluding hydrogens is 184 g/mol. The first-order valence-electron chi connectivity index (χ1n) is 5.11. The zero-order valence-electron chi connectivity index (χ0n) is 8.22. The van der Waals surface area contributed by atoms with Gasteiger partial charge in [0.25, 0.3) is 0 Å². The standard InChI is InChI=1S/C10H16O4/c1-5-2-8-9(6(5)3-11)7(4-12)10(13)14-8/h5-9,11-12H,2-4H2,1H3. The van der Waals surface area contributed by atoms with Gasteiger partial charge in [0, 0.05) is 12.5 Å². The van der Waals surface area contributed by atoms with Crippen LogP contribution in [0.25, 0.3) is 0 Å². The Balaban J connectivity index is 2.19. The lowest BCUT2D eigenvalue weighted by molar-refractivity contribution is -0.145. The number of aliphatic hydroxyl groups excluding tert-OH is 2. The number of carbonyl (C=O) groups is 1. The van der Waals surface area contributed by atoms with E-state index < -0.39 is 5.92 Å². The Kier molecular flexibility index (Phi) is 2.49. The molecule has 4 heteroatoms. The molecule has 2 aliphatic rings. The minimum Gasteiger partial charge on any atom is -0.462 e. The summed E-state index contributed by atoms with van der Waals surface area (Å²) in [6.45, 7) is 1.97. The molecule has 14 heavy (non-hydrogen) atoms. The lowest BCUT2D eigenvalue weighted by atomic mass is 9.83. The van der Waals surface area contributed by atoms with Crippen molar-refractivity contribution in [3.63, 3.8) is 0 Å². The molecule has 1 saturated carbocycles. The summed E-state index contributed by atoms with van der Waals surface area (Å²) in [5.41, 5.74) is 0. The predicted molar refractivity (Wildman–Crippen MR) is 48.3 cm³/mol. The number of hydrogen-bond donors (Lipinski definition) is 2. The Morgan fingerprint density at radius 1 is 1.43 bits per heavy atom. The maximum atomic E-state index is 11.3. The highest BCUT2D eigenvalue weighted by molar-refractivity contribution is 5.75. The van der Waals surface area contributed by atoms with Crippen LogP contribution in [0.4, 0.5) is 0 Å². The summed E-state index contributed by atoms with van der Waals surface area (Å²) >= 11 is 0. The molecule has 0 aromatic carbocycles. The molecule has 4 nitrogen and oxygen atoms in total. The summed E-state index contributed by atoms with van der Waals surface area (Å²) in [6, 6.07) is 0. The van der Waals surface area contributed by atoms with Gasteiger partial charge in [-0.2, -0.15) is 0 Å². The number of aliphatic hydroxyl groups is 2. The molecule has 5 unspecified atom stereocenters. The maximum absolute atomic E-state index is 11.3. The molecule has 0 amide bonds. The van der Waals surface area contributed by atoms with Crippen molar-refractivity contribution in [2.24, 2.45) is 23.7 Å². The summed E-state index contributed by atoms with van der Waals surface area (Å²) in [6.07, 6.45) is 0.741. The molecule has 1 aliphatic carbocycles. The fourth-order valence-corrected chi connectivity index (χ4v) is 2.93. The van der Waals surface area contributed by atoms with E-state index in [9.17, 15) is 9.90 Å². The summed E-state index contributed by atoms with van der Waals surface area (Å²) in [4.78, 5) is 11.3. The third kappa shape index (κ3) is 1.25. The Morgan fingerprint density at radius 2 is 2.14 bits per heavy atom. The van der Waals surface area contributed by atoms with Crippen LogP contribution >= 0.6 is 0 Å². The van der Waals surface area contributed by atoms with Crippen molar-refractivity contribution in [2.75, 3.05) is 13.2 Å². The molecule has 0 aromatic rings. The van der Waals surface area contributed by atoms with Crippen molar-refractivity contribution in [2.45, 2.75) is 19.4 Å². The fourth-order valence-electron chi connectivity index (χ4n) is 2.93. The van der Waals surface area contributed by atoms with Crippen LogP contribution in [0.3, 0.4) is 0 Å². The highest BCUT2D eigenvalue weighted by atomic mass is 16.6. The molecule has 1 heterocycles. The monoisotopic (exact) mass is 200 g/mol. The van der Waals surface area contributed by atoms with Gasteiger partial charge in [0.15, 0.2) is 0 Å². The van der Waals surface area contributed by atoms with Crippen molar-refractivity contribution >= 4 is 5.97 Å². The van der Waals surface area contributed by atoms with Gasteiger partial charge in [-0.3, -0.25) is 4.79 Å². The third-order valence-electron chi connectivity index (χ3n) is 3.70. The van der Waals surface area contributed by atoms with Crippen LogP contribution in [-0.2, 0) is 9.53 Å². The van der Waals surface area contributed by atoms with Gasteiger partial charge < -0.3 is 14.9 Å². The maximum Gasteiger partial charge on any atom is 0.311 e. The first-order valence-corrected chi connectivity index (χ1v) is 5.11. The first-order chi connectivity index (χ1) is 6.69. The van der Waals surface area contributed by atoms with E-state index in [0.717, 1.165) is 6.42 Å². The van der Waals surface area contributed by atoms with Crippen molar-refractivity contribution in [1.82, 2.24) is 0 Å². The summed E-state index contributed by atoms with van der Waals surface area (Å²) < 4.78 is 5.18. The molecule has 80 valence electrons. The average molecular weight is 200 g/mol. The van der Waals surface area contributed by atoms with Crippen LogP contribution < -0.4 is 0 Å². The van der Waals surface area contributed by atoms with Gasteiger partial charge in [0.05, 0.1) is 12.5 Å². The Bertz CT molecular complexity index is 240. The Labute approximate surface area is 82.9 Å². The molecule has 0 bridgehead atoms. The van der Waals surface area contributed by atoms with Crippen molar-refractivity contribution < 1.29 is 19.7 Å². The molecule has 2 rings (SSSR count). The van der Waals surface area contributed by atoms with Crippen LogP contribution in [0.2, 0.25) is 0 Å². The zero-order chi connectivity index (χ0) is 10.3. The van der Waals surface area contributed by atoms with Crippen LogP contribution in [0.5, 0.6) is 0 Å². The molecule has 2 fully saturated rings. The topological polar surface area (TPSA) is 66.8 Å². The van der Waals surface area contributed by atoms with Crippen molar-refractivity contribution in [1.29, 1.82) is 0 Å². The second-order valence-electron chi connectivity index (χ2n) is 4.40. The molecule has 1 aliphatic heterocycles. The van der Waals surface area contributed by atoms with Crippen LogP contribution in [-0.4, -0.2) is 35.5 Å². The molecule has 5 atom stereocenters. The van der Waals surface area contributed by atoms with E-state index in [4.69, 9.17) is 9.84 Å². The SMILES string of the molecule is CC1CC2OC(=O)C(CO)C2C1CO. The van der Waals surface area contributed by atoms with Gasteiger partial charge in [-0.1, -0.05) is 6.92 Å². The molecule has 1 saturated heterocycles. The van der Waals surface area contributed by atoms with Gasteiger partial charge in [-0.05, 0) is 18.3 Å². The zero-order valence-corrected chi connectivity index (χ0v) is 8.22. The van der Waals surface area contributed by atoms with E-state index in [0.29, 0.717) is 5.92 Å². The third-order valence-corrected chi connectivity index (χ3v) is 3.70. The van der Waals surface area contributed by atoms with Gasteiger partial charge in [-0.25, -0.2) is 0 Å². The predicted octanol–water partition coefficient (Wildman–Crippen LogP) is -0.215. The smallest absolute Gasteiger partial charge is 0.311 e. The number of hydrogen-bond acceptors (Lipinski definition) is 4. The lowest BCUT2D eigenvalue weighted by Gasteiger charge is -2.21. The quantitative estimate of drug-likeness (QED) is 0.605. The minimum atomic E-state index is -0.415. The lowest BCUT2D eigenvalue weighted by Crippen LogP contribution is -2.29. The minimum absolute atomic E-state index is 0.0208. The Morgan fingerprint density at radius 3 is 2.71 bits per heavy atom. The number of ether oxygens (including phenoxy) is 1. The average Bonchev–Trinajstić information content (AvgIpc) is 2.58. The summed E-state index contributed by atoms with van der Waals surface area (Å²) in [5.74, 6) is -0.219. The molecule has 0 spiro atoms. The highest BCUT2D eigenvalue weighted by Gasteiger charge is 2.53. The van der Waals surface area contributed by atoms with Crippen LogP contribution in [0, 0.1) is 23.7 Å². The second-order valence-corrected chi connectivity index (χ2v) is 4.40. The first kappa shape index (κ1) is 9.93. The van der Waals surface area contributed by atoms with E-state index in [1.807, 2.05) is 0 Å². The molecule has 2 N–H and O–H groups in total. The highest BCUT2D eigenvalue weighted by Crippen LogP contribution is 2.46. The van der Waals surface area contributed by atoms with Gasteiger partial charge in [0.2, 0.25) is 0 Å². The van der Waals surface area contributed by atoms with E-state index >= 15 is 0 Å². The normalized spacial score (nSPS) is 46.5. The summed E-state index contributed by atoms with van der Waals surface area (Å²) in [7, 11) is 0. The van der Waals surface area contributed by atoms with Crippen LogP contribution in [0.15, 0.2) is 0 Å². The fraction of sp³-hybridized carbons (Fsp3) is 0.900. The van der Waals surface area contributed by atoms with E-state index in [2.05, 4.69) is 6.92 Å². The number of carbonyl (C=O) groups excluding carboxylic acids is 1. The van der Waals surface area contributed by atoms with E-state index in [1.54, 1.807) is 0 Å². The van der Waals surface area contributed by atoms with Crippen LogP contribution in [0.1, 0.15) is 13.3 Å². The second kappa shape index (κ2) is 3.51. The number of rotatable bonds is 2. The number of esters is 1. The van der Waals surface area contributed by atoms with Crippen molar-refractivity contribution in [3.8, 4) is 0 Å². The van der Waals surface area contributed by atoms with Gasteiger partial charge >= 0.3 is 5.97 Å². The molecule has 0 radical (unpaired) electrons. The Hall–Kier alpha value is -0.610. The molecular formula is C10H16O4. The van der Waals surface area contributed by atoms with Gasteiger partial charge in [0.1, 0.15) is 6.10 Å². The summed E-state index contributed by atoms with van der Waals surface area (Å²) in [5, 5.41) is 18.3. The van der Waals surface area contributed by atoms with Gasteiger partial charge in [-0.15, -0.1) is 0 Å². The van der Waals surface area contributed by atoms with Crippen molar-refractivity contribution in [3.05, 3.63) is 0 Å². The number of fused-ring (bicyclic) bond motifs is 1.